The first-order valence-corrected chi connectivity index (χ1v) is 10.5. The Labute approximate surface area is 171 Å². The third kappa shape index (κ3) is 4.75. The number of nitrogens with one attached hydrogen (secondary N) is 1. The van der Waals surface area contributed by atoms with Crippen LogP contribution >= 0.6 is 0 Å². The van der Waals surface area contributed by atoms with Crippen LogP contribution in [0.15, 0.2) is 42.5 Å². The molecular weight excluding hydrogens is 364 g/mol. The normalized spacial score (nSPS) is 15.6. The van der Waals surface area contributed by atoms with Crippen LogP contribution in [0.1, 0.15) is 60.9 Å². The second-order valence-corrected chi connectivity index (χ2v) is 7.82. The smallest absolute Gasteiger partial charge is 0.251 e. The van der Waals surface area contributed by atoms with E-state index in [2.05, 4.69) is 15.6 Å². The van der Waals surface area contributed by atoms with Crippen molar-refractivity contribution >= 4 is 16.9 Å². The van der Waals surface area contributed by atoms with Gasteiger partial charge in [-0.3, -0.25) is 4.79 Å². The molecule has 0 atom stereocenters. The zero-order valence-corrected chi connectivity index (χ0v) is 16.9. The van der Waals surface area contributed by atoms with Gasteiger partial charge in [0.2, 0.25) is 0 Å². The topological polar surface area (TPSA) is 69.0 Å². The van der Waals surface area contributed by atoms with Gasteiger partial charge in [0, 0.05) is 11.6 Å². The van der Waals surface area contributed by atoms with Crippen molar-refractivity contribution in [3.8, 4) is 5.75 Å². The molecule has 0 saturated heterocycles. The number of benzene rings is 2. The first kappa shape index (κ1) is 19.4. The van der Waals surface area contributed by atoms with Gasteiger partial charge in [-0.1, -0.05) is 49.5 Å². The second kappa shape index (κ2) is 9.07. The number of methoxy groups -OCH3 is 1. The van der Waals surface area contributed by atoms with Crippen LogP contribution in [-0.2, 0) is 6.54 Å². The number of amides is 1. The number of carbonyl (C=O) groups is 1. The average molecular weight is 393 g/mol. The van der Waals surface area contributed by atoms with Crippen molar-refractivity contribution < 1.29 is 9.53 Å². The molecule has 1 fully saturated rings. The van der Waals surface area contributed by atoms with Gasteiger partial charge in [0.05, 0.1) is 19.2 Å². The highest BCUT2D eigenvalue weighted by atomic mass is 16.5. The molecule has 0 spiro atoms. The van der Waals surface area contributed by atoms with E-state index in [0.717, 1.165) is 35.2 Å². The van der Waals surface area contributed by atoms with Crippen molar-refractivity contribution in [3.05, 3.63) is 53.6 Å². The molecule has 4 rings (SSSR count). The van der Waals surface area contributed by atoms with Crippen LogP contribution in [-0.4, -0.2) is 34.1 Å². The lowest BCUT2D eigenvalue weighted by Crippen LogP contribution is -2.35. The van der Waals surface area contributed by atoms with Gasteiger partial charge in [-0.2, -0.15) is 0 Å². The van der Waals surface area contributed by atoms with E-state index in [1.54, 1.807) is 7.11 Å². The van der Waals surface area contributed by atoms with E-state index < -0.39 is 0 Å². The predicted molar refractivity (Wildman–Crippen MR) is 113 cm³/mol. The van der Waals surface area contributed by atoms with Crippen molar-refractivity contribution in [2.75, 3.05) is 7.11 Å². The summed E-state index contributed by atoms with van der Waals surface area (Å²) in [5.41, 5.74) is 3.38. The van der Waals surface area contributed by atoms with Gasteiger partial charge < -0.3 is 10.1 Å². The Bertz CT molecular complexity index is 974. The second-order valence-electron chi connectivity index (χ2n) is 7.82. The highest BCUT2D eigenvalue weighted by Gasteiger charge is 2.16. The van der Waals surface area contributed by atoms with Crippen LogP contribution in [0.25, 0.3) is 11.0 Å². The van der Waals surface area contributed by atoms with Crippen LogP contribution in [0.5, 0.6) is 5.75 Å². The molecule has 152 valence electrons. The fraction of sp³-hybridized carbons (Fsp3) is 0.435. The molecule has 29 heavy (non-hydrogen) atoms. The molecule has 0 aliphatic heterocycles. The minimum Gasteiger partial charge on any atom is -0.497 e. The van der Waals surface area contributed by atoms with Crippen LogP contribution in [0.2, 0.25) is 0 Å². The Morgan fingerprint density at radius 2 is 1.90 bits per heavy atom. The van der Waals surface area contributed by atoms with Gasteiger partial charge in [0.1, 0.15) is 11.3 Å². The lowest BCUT2D eigenvalue weighted by atomic mass is 9.96. The van der Waals surface area contributed by atoms with Crippen molar-refractivity contribution in [3.63, 3.8) is 0 Å². The monoisotopic (exact) mass is 392 g/mol. The fourth-order valence-electron chi connectivity index (χ4n) is 4.04. The van der Waals surface area contributed by atoms with Gasteiger partial charge in [0.15, 0.2) is 0 Å². The maximum absolute atomic E-state index is 12.7. The minimum absolute atomic E-state index is 0.0141. The Morgan fingerprint density at radius 1 is 1.10 bits per heavy atom. The number of hydrogen-bond donors (Lipinski definition) is 1. The largest absolute Gasteiger partial charge is 0.497 e. The zero-order chi connectivity index (χ0) is 20.1. The Morgan fingerprint density at radius 3 is 2.69 bits per heavy atom. The number of aromatic nitrogens is 3. The maximum Gasteiger partial charge on any atom is 0.251 e. The molecule has 0 radical (unpaired) electrons. The van der Waals surface area contributed by atoms with Crippen molar-refractivity contribution in [1.82, 2.24) is 20.3 Å². The summed E-state index contributed by atoms with van der Waals surface area (Å²) in [5.74, 6) is 0.805. The van der Waals surface area contributed by atoms with Gasteiger partial charge in [-0.25, -0.2) is 4.68 Å². The summed E-state index contributed by atoms with van der Waals surface area (Å²) in [6.45, 7) is 0.599. The summed E-state index contributed by atoms with van der Waals surface area (Å²) in [7, 11) is 1.66. The molecule has 1 aromatic heterocycles. The number of carbonyl (C=O) groups excluding carboxylic acids is 1. The maximum atomic E-state index is 12.7. The number of fused-ring (bicyclic) bond motifs is 1. The molecule has 2 aromatic carbocycles. The van der Waals surface area contributed by atoms with E-state index in [-0.39, 0.29) is 11.9 Å². The van der Waals surface area contributed by atoms with Crippen molar-refractivity contribution in [2.24, 2.45) is 0 Å². The van der Waals surface area contributed by atoms with E-state index in [4.69, 9.17) is 4.74 Å². The molecule has 6 heteroatoms. The zero-order valence-electron chi connectivity index (χ0n) is 16.9. The van der Waals surface area contributed by atoms with E-state index >= 15 is 0 Å². The summed E-state index contributed by atoms with van der Waals surface area (Å²) in [6, 6.07) is 13.8. The molecular formula is C23H28N4O2. The lowest BCUT2D eigenvalue weighted by Gasteiger charge is -2.21. The standard InChI is InChI=1S/C23H28N4O2/c1-29-20-11-7-8-17(14-20)16-27-22-13-12-18(15-21(22)25-26-27)23(28)24-19-9-5-3-2-4-6-10-19/h7-8,11-15,19H,2-6,9-10,16H2,1H3,(H,24,28). The Kier molecular flexibility index (Phi) is 6.08. The van der Waals surface area contributed by atoms with Crippen LogP contribution in [0, 0.1) is 0 Å². The SMILES string of the molecule is COc1cccc(Cn2nnc3cc(C(=O)NC4CCCCCCC4)ccc32)c1. The van der Waals surface area contributed by atoms with Crippen molar-refractivity contribution in [1.29, 1.82) is 0 Å². The van der Waals surface area contributed by atoms with E-state index in [9.17, 15) is 4.79 Å². The molecule has 1 heterocycles. The first-order valence-electron chi connectivity index (χ1n) is 10.5. The first-order chi connectivity index (χ1) is 14.2. The summed E-state index contributed by atoms with van der Waals surface area (Å²) in [4.78, 5) is 12.7. The van der Waals surface area contributed by atoms with Crippen molar-refractivity contribution in [2.45, 2.75) is 57.5 Å². The average Bonchev–Trinajstić information content (AvgIpc) is 3.12. The predicted octanol–water partition coefficient (Wildman–Crippen LogP) is 4.33. The van der Waals surface area contributed by atoms with Gasteiger partial charge in [-0.15, -0.1) is 5.10 Å². The molecule has 1 amide bonds. The van der Waals surface area contributed by atoms with Crippen LogP contribution in [0.3, 0.4) is 0 Å². The molecule has 1 saturated carbocycles. The van der Waals surface area contributed by atoms with Crippen LogP contribution in [0.4, 0.5) is 0 Å². The summed E-state index contributed by atoms with van der Waals surface area (Å²) in [5, 5.41) is 11.8. The van der Waals surface area contributed by atoms with Gasteiger partial charge in [0.25, 0.3) is 5.91 Å². The quantitative estimate of drug-likeness (QED) is 0.702. The Balaban J connectivity index is 1.47. The number of nitrogens with zero attached hydrogens (tertiary/aromatic N) is 3. The molecule has 0 unspecified atom stereocenters. The van der Waals surface area contributed by atoms with E-state index in [1.807, 2.05) is 47.1 Å². The summed E-state index contributed by atoms with van der Waals surface area (Å²) in [6.07, 6.45) is 8.41. The molecule has 1 N–H and O–H groups in total. The molecule has 1 aliphatic carbocycles. The molecule has 0 bridgehead atoms. The number of ether oxygens (including phenoxy) is 1. The number of rotatable bonds is 5. The third-order valence-corrected chi connectivity index (χ3v) is 5.68. The lowest BCUT2D eigenvalue weighted by molar-refractivity contribution is 0.0930. The van der Waals surface area contributed by atoms with E-state index in [0.29, 0.717) is 12.1 Å². The molecule has 1 aliphatic rings. The van der Waals surface area contributed by atoms with Gasteiger partial charge >= 0.3 is 0 Å². The number of hydrogen-bond acceptors (Lipinski definition) is 4. The van der Waals surface area contributed by atoms with Crippen LogP contribution < -0.4 is 10.1 Å². The molecule has 3 aromatic rings. The van der Waals surface area contributed by atoms with E-state index in [1.165, 1.54) is 32.1 Å². The summed E-state index contributed by atoms with van der Waals surface area (Å²) >= 11 is 0. The van der Waals surface area contributed by atoms with Gasteiger partial charge in [-0.05, 0) is 48.7 Å². The molecule has 6 nitrogen and oxygen atoms in total. The third-order valence-electron chi connectivity index (χ3n) is 5.68. The fourth-order valence-corrected chi connectivity index (χ4v) is 4.04. The highest BCUT2D eigenvalue weighted by molar-refractivity contribution is 5.97. The summed E-state index contributed by atoms with van der Waals surface area (Å²) < 4.78 is 7.14. The Hall–Kier alpha value is -2.89. The highest BCUT2D eigenvalue weighted by Crippen LogP contribution is 2.20. The minimum atomic E-state index is -0.0141.